The van der Waals surface area contributed by atoms with Crippen LogP contribution in [0.3, 0.4) is 0 Å². The maximum Gasteiger partial charge on any atom is 0.243 e. The Morgan fingerprint density at radius 3 is 2.94 bits per heavy atom. The maximum absolute atomic E-state index is 12.9. The number of benzene rings is 1. The van der Waals surface area contributed by atoms with Crippen molar-refractivity contribution in [3.05, 3.63) is 46.7 Å². The first kappa shape index (κ1) is 12.9. The lowest BCUT2D eigenvalue weighted by molar-refractivity contribution is -0.116. The number of amides is 1. The lowest BCUT2D eigenvalue weighted by Gasteiger charge is -2.11. The zero-order valence-electron chi connectivity index (χ0n) is 8.41. The number of halogens is 2. The number of hydrogen-bond donors (Lipinski definition) is 2. The van der Waals surface area contributed by atoms with E-state index in [1.54, 1.807) is 0 Å². The maximum atomic E-state index is 12.9. The van der Waals surface area contributed by atoms with Crippen LogP contribution in [0, 0.1) is 5.82 Å². The van der Waals surface area contributed by atoms with Gasteiger partial charge in [0.2, 0.25) is 5.91 Å². The highest BCUT2D eigenvalue weighted by Crippen LogP contribution is 2.20. The summed E-state index contributed by atoms with van der Waals surface area (Å²) < 4.78 is 13.2. The van der Waals surface area contributed by atoms with Gasteiger partial charge in [-0.15, -0.1) is 0 Å². The molecule has 2 N–H and O–H groups in total. The summed E-state index contributed by atoms with van der Waals surface area (Å²) in [5.41, 5.74) is 0.526. The molecule has 0 aliphatic rings. The molecular formula is C11H11BrFNO2. The predicted molar refractivity (Wildman–Crippen MR) is 62.3 cm³/mol. The molecule has 0 unspecified atom stereocenters. The first-order valence-corrected chi connectivity index (χ1v) is 5.37. The molecule has 86 valence electrons. The van der Waals surface area contributed by atoms with Gasteiger partial charge in [0.15, 0.2) is 0 Å². The van der Waals surface area contributed by atoms with E-state index in [0.29, 0.717) is 5.56 Å². The molecule has 16 heavy (non-hydrogen) atoms. The van der Waals surface area contributed by atoms with Crippen molar-refractivity contribution in [2.75, 3.05) is 6.54 Å². The molecule has 0 saturated carbocycles. The molecule has 1 rings (SSSR count). The molecule has 0 bridgehead atoms. The van der Waals surface area contributed by atoms with E-state index in [0.717, 1.165) is 6.08 Å². The average Bonchev–Trinajstić information content (AvgIpc) is 2.29. The van der Waals surface area contributed by atoms with E-state index >= 15 is 0 Å². The van der Waals surface area contributed by atoms with Crippen molar-refractivity contribution in [3.8, 4) is 0 Å². The molecular weight excluding hydrogens is 277 g/mol. The third-order valence-electron chi connectivity index (χ3n) is 1.98. The summed E-state index contributed by atoms with van der Waals surface area (Å²) in [4.78, 5) is 10.9. The van der Waals surface area contributed by atoms with Crippen LogP contribution >= 0.6 is 15.9 Å². The average molecular weight is 288 g/mol. The van der Waals surface area contributed by atoms with Gasteiger partial charge in [0, 0.05) is 6.54 Å². The van der Waals surface area contributed by atoms with Crippen molar-refractivity contribution >= 4 is 21.8 Å². The van der Waals surface area contributed by atoms with Crippen LogP contribution < -0.4 is 5.32 Å². The fourth-order valence-electron chi connectivity index (χ4n) is 1.11. The summed E-state index contributed by atoms with van der Waals surface area (Å²) in [5, 5.41) is 12.1. The van der Waals surface area contributed by atoms with Crippen LogP contribution in [-0.2, 0) is 4.79 Å². The highest BCUT2D eigenvalue weighted by atomic mass is 79.9. The second kappa shape index (κ2) is 5.77. The summed E-state index contributed by atoms with van der Waals surface area (Å²) >= 11 is 3.02. The van der Waals surface area contributed by atoms with Crippen LogP contribution in [0.25, 0.3) is 0 Å². The Kier molecular flexibility index (Phi) is 4.64. The third kappa shape index (κ3) is 3.43. The van der Waals surface area contributed by atoms with Crippen LogP contribution in [0.1, 0.15) is 11.7 Å². The molecule has 1 aromatic rings. The van der Waals surface area contributed by atoms with E-state index in [2.05, 4.69) is 27.8 Å². The number of aliphatic hydroxyl groups is 1. The molecule has 0 heterocycles. The quantitative estimate of drug-likeness (QED) is 0.832. The molecule has 1 aromatic carbocycles. The van der Waals surface area contributed by atoms with Gasteiger partial charge in [0.05, 0.1) is 10.6 Å². The minimum absolute atomic E-state index is 0.0585. The summed E-state index contributed by atoms with van der Waals surface area (Å²) in [5.74, 6) is -0.758. The first-order valence-electron chi connectivity index (χ1n) is 4.58. The van der Waals surface area contributed by atoms with Gasteiger partial charge in [-0.05, 0) is 39.7 Å². The molecule has 5 heteroatoms. The molecule has 0 aromatic heterocycles. The smallest absolute Gasteiger partial charge is 0.243 e. The molecule has 3 nitrogen and oxygen atoms in total. The Labute approximate surface area is 101 Å². The van der Waals surface area contributed by atoms with E-state index in [9.17, 15) is 14.3 Å². The summed E-state index contributed by atoms with van der Waals surface area (Å²) in [6, 6.07) is 4.18. The Balaban J connectivity index is 2.65. The molecule has 0 aliphatic carbocycles. The van der Waals surface area contributed by atoms with Gasteiger partial charge < -0.3 is 10.4 Å². The molecule has 0 saturated heterocycles. The number of hydrogen-bond acceptors (Lipinski definition) is 2. The largest absolute Gasteiger partial charge is 0.387 e. The monoisotopic (exact) mass is 287 g/mol. The van der Waals surface area contributed by atoms with Gasteiger partial charge in [-0.3, -0.25) is 4.79 Å². The van der Waals surface area contributed by atoms with Gasteiger partial charge in [-0.1, -0.05) is 12.6 Å². The second-order valence-corrected chi connectivity index (χ2v) is 3.99. The fraction of sp³-hybridized carbons (Fsp3) is 0.182. The molecule has 0 radical (unpaired) electrons. The molecule has 0 fully saturated rings. The van der Waals surface area contributed by atoms with Gasteiger partial charge in [-0.25, -0.2) is 4.39 Å². The number of rotatable bonds is 4. The minimum atomic E-state index is -0.874. The molecule has 1 atom stereocenters. The van der Waals surface area contributed by atoms with Crippen LogP contribution in [-0.4, -0.2) is 17.6 Å². The van der Waals surface area contributed by atoms with E-state index in [-0.39, 0.29) is 16.9 Å². The fourth-order valence-corrected chi connectivity index (χ4v) is 1.50. The Morgan fingerprint density at radius 2 is 2.38 bits per heavy atom. The Hall–Kier alpha value is -1.20. The van der Waals surface area contributed by atoms with Crippen molar-refractivity contribution in [1.29, 1.82) is 0 Å². The van der Waals surface area contributed by atoms with Crippen molar-refractivity contribution in [3.63, 3.8) is 0 Å². The Bertz CT molecular complexity index is 409. The predicted octanol–water partition coefficient (Wildman–Crippen LogP) is 1.92. The second-order valence-electron chi connectivity index (χ2n) is 3.14. The third-order valence-corrected chi connectivity index (χ3v) is 2.59. The highest BCUT2D eigenvalue weighted by molar-refractivity contribution is 9.10. The number of aliphatic hydroxyl groups excluding tert-OH is 1. The van der Waals surface area contributed by atoms with E-state index in [1.807, 2.05) is 0 Å². The van der Waals surface area contributed by atoms with Gasteiger partial charge in [0.1, 0.15) is 5.82 Å². The van der Waals surface area contributed by atoms with Crippen LogP contribution in [0.15, 0.2) is 35.3 Å². The van der Waals surface area contributed by atoms with E-state index in [4.69, 9.17) is 0 Å². The number of nitrogens with one attached hydrogen (secondary N) is 1. The molecule has 1 amide bonds. The van der Waals surface area contributed by atoms with Crippen molar-refractivity contribution in [1.82, 2.24) is 5.32 Å². The zero-order valence-corrected chi connectivity index (χ0v) is 10.00. The van der Waals surface area contributed by atoms with Crippen LogP contribution in [0.5, 0.6) is 0 Å². The van der Waals surface area contributed by atoms with Crippen molar-refractivity contribution < 1.29 is 14.3 Å². The van der Waals surface area contributed by atoms with Gasteiger partial charge in [-0.2, -0.15) is 0 Å². The summed E-state index contributed by atoms with van der Waals surface area (Å²) in [6.45, 7) is 3.34. The van der Waals surface area contributed by atoms with Crippen molar-refractivity contribution in [2.45, 2.75) is 6.10 Å². The standard InChI is InChI=1S/C11H11BrFNO2/c1-2-11(16)14-6-10(15)7-3-4-9(13)8(12)5-7/h2-5,10,15H,1,6H2,(H,14,16)/t10-/m1/s1. The van der Waals surface area contributed by atoms with Gasteiger partial charge in [0.25, 0.3) is 0 Å². The lowest BCUT2D eigenvalue weighted by Crippen LogP contribution is -2.26. The van der Waals surface area contributed by atoms with E-state index in [1.165, 1.54) is 18.2 Å². The molecule has 0 aliphatic heterocycles. The summed E-state index contributed by atoms with van der Waals surface area (Å²) in [6.07, 6.45) is 0.244. The SMILES string of the molecule is C=CC(=O)NC[C@@H](O)c1ccc(F)c(Br)c1. The topological polar surface area (TPSA) is 49.3 Å². The Morgan fingerprint density at radius 1 is 1.69 bits per heavy atom. The number of carbonyl (C=O) groups excluding carboxylic acids is 1. The van der Waals surface area contributed by atoms with Crippen molar-refractivity contribution in [2.24, 2.45) is 0 Å². The number of carbonyl (C=O) groups is 1. The zero-order chi connectivity index (χ0) is 12.1. The van der Waals surface area contributed by atoms with E-state index < -0.39 is 11.9 Å². The first-order chi connectivity index (χ1) is 7.54. The lowest BCUT2D eigenvalue weighted by atomic mass is 10.1. The highest BCUT2D eigenvalue weighted by Gasteiger charge is 2.10. The van der Waals surface area contributed by atoms with Crippen LogP contribution in [0.2, 0.25) is 0 Å². The molecule has 0 spiro atoms. The normalized spacial score (nSPS) is 11.9. The minimum Gasteiger partial charge on any atom is -0.387 e. The van der Waals surface area contributed by atoms with Crippen LogP contribution in [0.4, 0.5) is 4.39 Å². The van der Waals surface area contributed by atoms with Gasteiger partial charge >= 0.3 is 0 Å². The summed E-state index contributed by atoms with van der Waals surface area (Å²) in [7, 11) is 0.